The lowest BCUT2D eigenvalue weighted by atomic mass is 10.0. The SMILES string of the molecule is [N-]=[N+]=NCCC(O)C(O)c1cc(Cl)c(F)c(Cl)c1. The summed E-state index contributed by atoms with van der Waals surface area (Å²) in [7, 11) is 0. The van der Waals surface area contributed by atoms with Gasteiger partial charge in [0.05, 0.1) is 16.1 Å². The Hall–Kier alpha value is -1.04. The Bertz CT molecular complexity index is 457. The van der Waals surface area contributed by atoms with Gasteiger partial charge in [-0.05, 0) is 29.6 Å². The quantitative estimate of drug-likeness (QED) is 0.378. The number of nitrogens with zero attached hydrogens (tertiary/aromatic N) is 3. The summed E-state index contributed by atoms with van der Waals surface area (Å²) >= 11 is 11.2. The highest BCUT2D eigenvalue weighted by Gasteiger charge is 2.20. The Kier molecular flexibility index (Phi) is 5.65. The number of aliphatic hydroxyl groups excluding tert-OH is 2. The monoisotopic (exact) mass is 293 g/mol. The van der Waals surface area contributed by atoms with Crippen LogP contribution in [0, 0.1) is 5.82 Å². The van der Waals surface area contributed by atoms with Gasteiger partial charge in [0.15, 0.2) is 5.82 Å². The molecule has 0 aliphatic carbocycles. The molecule has 1 rings (SSSR count). The van der Waals surface area contributed by atoms with Crippen molar-refractivity contribution in [3.05, 3.63) is 44.0 Å². The van der Waals surface area contributed by atoms with Crippen LogP contribution in [-0.4, -0.2) is 22.9 Å². The maximum atomic E-state index is 13.2. The van der Waals surface area contributed by atoms with Crippen molar-refractivity contribution in [2.75, 3.05) is 6.54 Å². The molecule has 0 aliphatic rings. The Labute approximate surface area is 112 Å². The van der Waals surface area contributed by atoms with E-state index in [0.717, 1.165) is 0 Å². The summed E-state index contributed by atoms with van der Waals surface area (Å²) in [5, 5.41) is 22.2. The highest BCUT2D eigenvalue weighted by atomic mass is 35.5. The summed E-state index contributed by atoms with van der Waals surface area (Å²) in [5.74, 6) is -0.780. The van der Waals surface area contributed by atoms with Crippen LogP contribution in [0.3, 0.4) is 0 Å². The Morgan fingerprint density at radius 1 is 1.33 bits per heavy atom. The smallest absolute Gasteiger partial charge is 0.160 e. The molecule has 5 nitrogen and oxygen atoms in total. The summed E-state index contributed by atoms with van der Waals surface area (Å²) in [6.07, 6.45) is -2.37. The van der Waals surface area contributed by atoms with E-state index in [1.54, 1.807) is 0 Å². The molecule has 0 aromatic heterocycles. The average molecular weight is 294 g/mol. The molecule has 1 aromatic carbocycles. The normalized spacial score (nSPS) is 13.8. The van der Waals surface area contributed by atoms with Gasteiger partial charge in [0.25, 0.3) is 0 Å². The van der Waals surface area contributed by atoms with Crippen molar-refractivity contribution in [1.29, 1.82) is 0 Å². The molecule has 0 radical (unpaired) electrons. The van der Waals surface area contributed by atoms with Crippen LogP contribution in [0.1, 0.15) is 18.1 Å². The molecule has 0 saturated carbocycles. The summed E-state index contributed by atoms with van der Waals surface area (Å²) < 4.78 is 13.2. The number of hydrogen-bond acceptors (Lipinski definition) is 3. The van der Waals surface area contributed by atoms with Gasteiger partial charge in [-0.25, -0.2) is 4.39 Å². The summed E-state index contributed by atoms with van der Waals surface area (Å²) in [4.78, 5) is 2.52. The highest BCUT2D eigenvalue weighted by molar-refractivity contribution is 6.35. The number of aliphatic hydroxyl groups is 2. The van der Waals surface area contributed by atoms with Gasteiger partial charge in [-0.15, -0.1) is 0 Å². The Balaban J connectivity index is 2.83. The fourth-order valence-corrected chi connectivity index (χ4v) is 1.86. The summed E-state index contributed by atoms with van der Waals surface area (Å²) in [5.41, 5.74) is 8.27. The zero-order chi connectivity index (χ0) is 13.7. The van der Waals surface area contributed by atoms with E-state index in [2.05, 4.69) is 10.0 Å². The highest BCUT2D eigenvalue weighted by Crippen LogP contribution is 2.29. The molecular formula is C10H10Cl2FN3O2. The van der Waals surface area contributed by atoms with Gasteiger partial charge in [-0.3, -0.25) is 0 Å². The minimum Gasteiger partial charge on any atom is -0.390 e. The molecule has 0 spiro atoms. The lowest BCUT2D eigenvalue weighted by molar-refractivity contribution is 0.0150. The topological polar surface area (TPSA) is 89.2 Å². The largest absolute Gasteiger partial charge is 0.390 e. The van der Waals surface area contributed by atoms with E-state index in [-0.39, 0.29) is 28.6 Å². The van der Waals surface area contributed by atoms with Crippen LogP contribution in [0.15, 0.2) is 17.2 Å². The van der Waals surface area contributed by atoms with Crippen molar-refractivity contribution in [2.24, 2.45) is 5.11 Å². The molecule has 0 heterocycles. The van der Waals surface area contributed by atoms with Crippen LogP contribution < -0.4 is 0 Å². The van der Waals surface area contributed by atoms with E-state index >= 15 is 0 Å². The molecule has 1 aromatic rings. The third-order valence-corrected chi connectivity index (χ3v) is 2.85. The van der Waals surface area contributed by atoms with Crippen LogP contribution in [0.2, 0.25) is 10.0 Å². The fourth-order valence-electron chi connectivity index (χ4n) is 1.36. The molecule has 8 heteroatoms. The number of halogens is 3. The molecule has 0 bridgehead atoms. The second-order valence-electron chi connectivity index (χ2n) is 3.55. The van der Waals surface area contributed by atoms with Gasteiger partial charge in [-0.2, -0.15) is 0 Å². The Morgan fingerprint density at radius 3 is 2.39 bits per heavy atom. The van der Waals surface area contributed by atoms with Gasteiger partial charge in [0, 0.05) is 11.5 Å². The van der Waals surface area contributed by atoms with E-state index < -0.39 is 18.0 Å². The van der Waals surface area contributed by atoms with Crippen LogP contribution in [0.5, 0.6) is 0 Å². The van der Waals surface area contributed by atoms with E-state index in [1.807, 2.05) is 0 Å². The zero-order valence-corrected chi connectivity index (χ0v) is 10.6. The van der Waals surface area contributed by atoms with Crippen LogP contribution >= 0.6 is 23.2 Å². The van der Waals surface area contributed by atoms with Crippen molar-refractivity contribution >= 4 is 23.2 Å². The van der Waals surface area contributed by atoms with Gasteiger partial charge in [-0.1, -0.05) is 28.3 Å². The van der Waals surface area contributed by atoms with Crippen LogP contribution in [0.25, 0.3) is 10.4 Å². The van der Waals surface area contributed by atoms with Crippen molar-refractivity contribution in [3.8, 4) is 0 Å². The van der Waals surface area contributed by atoms with E-state index in [0.29, 0.717) is 0 Å². The molecule has 2 N–H and O–H groups in total. The summed E-state index contributed by atoms with van der Waals surface area (Å²) in [6, 6.07) is 2.37. The van der Waals surface area contributed by atoms with Crippen molar-refractivity contribution in [2.45, 2.75) is 18.6 Å². The van der Waals surface area contributed by atoms with Gasteiger partial charge < -0.3 is 10.2 Å². The minimum atomic E-state index is -1.28. The first kappa shape index (κ1) is 15.0. The molecule has 0 aliphatic heterocycles. The molecule has 98 valence electrons. The first-order valence-electron chi connectivity index (χ1n) is 4.98. The molecule has 2 unspecified atom stereocenters. The van der Waals surface area contributed by atoms with Crippen molar-refractivity contribution < 1.29 is 14.6 Å². The van der Waals surface area contributed by atoms with Crippen LogP contribution in [0.4, 0.5) is 4.39 Å². The van der Waals surface area contributed by atoms with Crippen molar-refractivity contribution in [3.63, 3.8) is 0 Å². The molecule has 0 saturated heterocycles. The molecular weight excluding hydrogens is 284 g/mol. The lowest BCUT2D eigenvalue weighted by Crippen LogP contribution is -2.19. The average Bonchev–Trinajstić information content (AvgIpc) is 2.34. The fraction of sp³-hybridized carbons (Fsp3) is 0.400. The number of hydrogen-bond donors (Lipinski definition) is 2. The molecule has 0 amide bonds. The first-order valence-corrected chi connectivity index (χ1v) is 5.74. The maximum absolute atomic E-state index is 13.2. The molecule has 18 heavy (non-hydrogen) atoms. The molecule has 0 fully saturated rings. The third-order valence-electron chi connectivity index (χ3n) is 2.30. The zero-order valence-electron chi connectivity index (χ0n) is 9.09. The van der Waals surface area contributed by atoms with Gasteiger partial charge in [0.2, 0.25) is 0 Å². The third kappa shape index (κ3) is 3.73. The van der Waals surface area contributed by atoms with E-state index in [9.17, 15) is 14.6 Å². The first-order chi connectivity index (χ1) is 8.47. The summed E-state index contributed by atoms with van der Waals surface area (Å²) in [6.45, 7) is 0.0391. The van der Waals surface area contributed by atoms with E-state index in [1.165, 1.54) is 12.1 Å². The second kappa shape index (κ2) is 6.78. The maximum Gasteiger partial charge on any atom is 0.160 e. The van der Waals surface area contributed by atoms with Crippen molar-refractivity contribution in [1.82, 2.24) is 0 Å². The van der Waals surface area contributed by atoms with Gasteiger partial charge in [0.1, 0.15) is 6.10 Å². The van der Waals surface area contributed by atoms with E-state index in [4.69, 9.17) is 28.7 Å². The number of rotatable bonds is 5. The predicted octanol–water partition coefficient (Wildman–Crippen LogP) is 3.23. The predicted molar refractivity (Wildman–Crippen MR) is 66.0 cm³/mol. The van der Waals surface area contributed by atoms with Crippen LogP contribution in [-0.2, 0) is 0 Å². The number of benzene rings is 1. The van der Waals surface area contributed by atoms with Gasteiger partial charge >= 0.3 is 0 Å². The molecule has 2 atom stereocenters. The second-order valence-corrected chi connectivity index (χ2v) is 4.37. The standard InChI is InChI=1S/C10H10Cl2FN3O2/c11-6-3-5(4-7(12)9(6)13)10(18)8(17)1-2-15-16-14/h3-4,8,10,17-18H,1-2H2. The Morgan fingerprint density at radius 2 is 1.89 bits per heavy atom. The lowest BCUT2D eigenvalue weighted by Gasteiger charge is -2.18. The number of azide groups is 1. The minimum absolute atomic E-state index is 0.0391.